The molecule has 3 aliphatic rings. The molecule has 0 radical (unpaired) electrons. The third-order valence-corrected chi connectivity index (χ3v) is 7.24. The molecule has 2 amide bonds. The van der Waals surface area contributed by atoms with Crippen LogP contribution in [0.25, 0.3) is 11.2 Å². The third-order valence-electron chi connectivity index (χ3n) is 7.24. The summed E-state index contributed by atoms with van der Waals surface area (Å²) < 4.78 is 12.6. The average molecular weight is 556 g/mol. The van der Waals surface area contributed by atoms with Crippen molar-refractivity contribution in [3.63, 3.8) is 0 Å². The van der Waals surface area contributed by atoms with Gasteiger partial charge in [0.2, 0.25) is 5.82 Å². The van der Waals surface area contributed by atoms with Gasteiger partial charge in [0.15, 0.2) is 23.8 Å². The summed E-state index contributed by atoms with van der Waals surface area (Å²) in [6.07, 6.45) is 0.0401. The van der Waals surface area contributed by atoms with Crippen LogP contribution in [0.1, 0.15) is 64.9 Å². The normalized spacial score (nSPS) is 25.5. The molecule has 3 fully saturated rings. The van der Waals surface area contributed by atoms with Gasteiger partial charge >= 0.3 is 6.09 Å². The lowest BCUT2D eigenvalue weighted by Crippen LogP contribution is -2.43. The van der Waals surface area contributed by atoms with E-state index in [1.165, 1.54) is 10.9 Å². The van der Waals surface area contributed by atoms with E-state index in [9.17, 15) is 19.8 Å². The van der Waals surface area contributed by atoms with Crippen LogP contribution in [0, 0.1) is 23.2 Å². The van der Waals surface area contributed by atoms with Crippen LogP contribution < -0.4 is 11.1 Å². The van der Waals surface area contributed by atoms with Crippen LogP contribution in [0.4, 0.5) is 10.6 Å². The first-order valence-electron chi connectivity index (χ1n) is 13.7. The lowest BCUT2D eigenvalue weighted by Gasteiger charge is -2.31. The van der Waals surface area contributed by atoms with E-state index >= 15 is 0 Å². The molecule has 5 rings (SSSR count). The number of carbonyl (C=O) groups is 2. The molecule has 0 aromatic carbocycles. The van der Waals surface area contributed by atoms with E-state index < -0.39 is 30.4 Å². The highest BCUT2D eigenvalue weighted by Gasteiger charge is 2.48. The number of fused-ring (bicyclic) bond motifs is 1. The molecule has 0 spiro atoms. The minimum atomic E-state index is -1.41. The summed E-state index contributed by atoms with van der Waals surface area (Å²) in [6, 6.07) is 0.0877. The van der Waals surface area contributed by atoms with Crippen LogP contribution in [-0.4, -0.2) is 90.7 Å². The molecule has 40 heavy (non-hydrogen) atoms. The fourth-order valence-electron chi connectivity index (χ4n) is 4.76. The van der Waals surface area contributed by atoms with Gasteiger partial charge in [-0.3, -0.25) is 9.36 Å². The van der Waals surface area contributed by atoms with Crippen LogP contribution in [0.3, 0.4) is 0 Å². The fourth-order valence-corrected chi connectivity index (χ4v) is 4.76. The predicted molar refractivity (Wildman–Crippen MR) is 143 cm³/mol. The van der Waals surface area contributed by atoms with Gasteiger partial charge in [-0.2, -0.15) is 0 Å². The van der Waals surface area contributed by atoms with Crippen LogP contribution in [0.15, 0.2) is 6.33 Å². The Hall–Kier alpha value is -3.47. The Morgan fingerprint density at radius 3 is 2.58 bits per heavy atom. The summed E-state index contributed by atoms with van der Waals surface area (Å²) in [5.41, 5.74) is 6.62. The molecule has 13 nitrogen and oxygen atoms in total. The first-order valence-corrected chi connectivity index (χ1v) is 13.7. The van der Waals surface area contributed by atoms with Crippen molar-refractivity contribution in [3.05, 3.63) is 12.2 Å². The number of rotatable bonds is 5. The summed E-state index contributed by atoms with van der Waals surface area (Å²) in [5.74, 6) is 6.26. The zero-order chi connectivity index (χ0) is 28.6. The van der Waals surface area contributed by atoms with Gasteiger partial charge in [0.1, 0.15) is 17.7 Å². The molecule has 2 aliphatic heterocycles. The predicted octanol–water partition coefficient (Wildman–Crippen LogP) is 0.943. The Morgan fingerprint density at radius 2 is 1.90 bits per heavy atom. The Kier molecular flexibility index (Phi) is 7.85. The number of piperidine rings is 1. The van der Waals surface area contributed by atoms with Crippen molar-refractivity contribution in [1.82, 2.24) is 29.7 Å². The maximum atomic E-state index is 12.5. The lowest BCUT2D eigenvalue weighted by atomic mass is 9.94. The van der Waals surface area contributed by atoms with Gasteiger partial charge in [-0.15, -0.1) is 0 Å². The van der Waals surface area contributed by atoms with E-state index in [0.717, 1.165) is 25.7 Å². The van der Waals surface area contributed by atoms with Gasteiger partial charge < -0.3 is 35.6 Å². The van der Waals surface area contributed by atoms with Gasteiger partial charge in [-0.05, 0) is 42.9 Å². The highest BCUT2D eigenvalue weighted by molar-refractivity contribution is 5.83. The number of hydrogen-bond donors (Lipinski definition) is 4. The zero-order valence-electron chi connectivity index (χ0n) is 23.0. The van der Waals surface area contributed by atoms with E-state index in [2.05, 4.69) is 32.1 Å². The number of nitrogens with zero attached hydrogens (tertiary/aromatic N) is 5. The smallest absolute Gasteiger partial charge is 0.409 e. The topological polar surface area (TPSA) is 178 Å². The Balaban J connectivity index is 1.22. The largest absolute Gasteiger partial charge is 0.449 e. The Bertz CT molecular complexity index is 1320. The van der Waals surface area contributed by atoms with Gasteiger partial charge in [-0.25, -0.2) is 19.7 Å². The highest BCUT2D eigenvalue weighted by Crippen LogP contribution is 2.33. The maximum Gasteiger partial charge on any atom is 0.409 e. The van der Waals surface area contributed by atoms with Crippen molar-refractivity contribution < 1.29 is 29.3 Å². The van der Waals surface area contributed by atoms with E-state index in [1.807, 2.05) is 20.8 Å². The molecule has 1 saturated carbocycles. The molecule has 2 aromatic rings. The minimum absolute atomic E-state index is 0.0740. The van der Waals surface area contributed by atoms with Crippen LogP contribution in [0.2, 0.25) is 0 Å². The summed E-state index contributed by atoms with van der Waals surface area (Å²) in [5, 5.41) is 23.9. The third kappa shape index (κ3) is 6.29. The lowest BCUT2D eigenvalue weighted by molar-refractivity contribution is -0.137. The van der Waals surface area contributed by atoms with E-state index in [4.69, 9.17) is 15.2 Å². The second-order valence-corrected chi connectivity index (χ2v) is 12.0. The zero-order valence-corrected chi connectivity index (χ0v) is 23.0. The first-order chi connectivity index (χ1) is 19.0. The number of carbonyl (C=O) groups excluding carboxylic acids is 2. The molecule has 4 atom stereocenters. The number of likely N-dealkylation sites (tertiary alicyclic amines) is 1. The fraction of sp³-hybridized carbons (Fsp3) is 0.667. The first kappa shape index (κ1) is 28.1. The number of anilines is 1. The van der Waals surface area contributed by atoms with Gasteiger partial charge in [0, 0.05) is 25.6 Å². The van der Waals surface area contributed by atoms with Crippen LogP contribution >= 0.6 is 0 Å². The molecule has 5 N–H and O–H groups in total. The van der Waals surface area contributed by atoms with E-state index in [0.29, 0.717) is 37.6 Å². The van der Waals surface area contributed by atoms with E-state index in [-0.39, 0.29) is 34.8 Å². The standard InChI is InChI=1S/C27H37N7O6/c1-27(2,3)13-39-26(38)33-11-9-15(10-12-33)5-4-6-17-31-22(28)18-23(32-17)34(14-29-18)25-20(36)19(35)21(40-25)24(37)30-16-7-8-16/h14-16,19-21,25,35-36H,5,7-13H2,1-3H3,(H,30,37)(H2,28,31,32)/t19-,20?,21+,25-/m1/s1. The molecule has 2 saturated heterocycles. The van der Waals surface area contributed by atoms with Crippen LogP contribution in [0.5, 0.6) is 0 Å². The number of aliphatic hydroxyl groups is 2. The molecule has 1 unspecified atom stereocenters. The number of hydrogen-bond acceptors (Lipinski definition) is 10. The number of ether oxygens (including phenoxy) is 2. The number of nitrogen functional groups attached to an aromatic ring is 1. The number of imidazole rings is 1. The molecule has 216 valence electrons. The molecule has 0 bridgehead atoms. The van der Waals surface area contributed by atoms with Gasteiger partial charge in [0.05, 0.1) is 12.9 Å². The van der Waals surface area contributed by atoms with Crippen LogP contribution in [-0.2, 0) is 14.3 Å². The summed E-state index contributed by atoms with van der Waals surface area (Å²) >= 11 is 0. The van der Waals surface area contributed by atoms with Gasteiger partial charge in [-0.1, -0.05) is 26.7 Å². The quantitative estimate of drug-likeness (QED) is 0.388. The second kappa shape index (κ2) is 11.2. The number of amides is 2. The summed E-state index contributed by atoms with van der Waals surface area (Å²) in [4.78, 5) is 39.5. The van der Waals surface area contributed by atoms with Crippen molar-refractivity contribution in [1.29, 1.82) is 0 Å². The molecular weight excluding hydrogens is 518 g/mol. The van der Waals surface area contributed by atoms with Crippen molar-refractivity contribution in [3.8, 4) is 11.8 Å². The van der Waals surface area contributed by atoms with Crippen molar-refractivity contribution in [2.45, 2.75) is 83.5 Å². The highest BCUT2D eigenvalue weighted by atomic mass is 16.6. The van der Waals surface area contributed by atoms with Gasteiger partial charge in [0.25, 0.3) is 5.91 Å². The average Bonchev–Trinajstić information content (AvgIpc) is 3.54. The van der Waals surface area contributed by atoms with Crippen molar-refractivity contribution in [2.24, 2.45) is 11.3 Å². The monoisotopic (exact) mass is 555 g/mol. The number of aliphatic hydroxyl groups excluding tert-OH is 2. The Labute approximate surface area is 232 Å². The number of nitrogens with one attached hydrogen (secondary N) is 1. The van der Waals surface area contributed by atoms with E-state index in [1.54, 1.807) is 4.90 Å². The van der Waals surface area contributed by atoms with Crippen molar-refractivity contribution >= 4 is 29.0 Å². The van der Waals surface area contributed by atoms with Crippen molar-refractivity contribution in [2.75, 3.05) is 25.4 Å². The molecular formula is C27H37N7O6. The number of nitrogens with two attached hydrogens (primary N) is 1. The molecule has 1 aliphatic carbocycles. The maximum absolute atomic E-state index is 12.5. The number of aromatic nitrogens is 4. The molecule has 4 heterocycles. The SMILES string of the molecule is CC(C)(C)COC(=O)N1CCC(CC#Cc2nc(N)c3ncn([C@@H]4O[C@H](C(=O)NC5CC5)[C@H](O)C4O)c3n2)CC1. The summed E-state index contributed by atoms with van der Waals surface area (Å²) in [6.45, 7) is 7.70. The second-order valence-electron chi connectivity index (χ2n) is 12.0. The molecule has 13 heteroatoms. The Morgan fingerprint density at radius 1 is 1.18 bits per heavy atom. The summed E-state index contributed by atoms with van der Waals surface area (Å²) in [7, 11) is 0. The minimum Gasteiger partial charge on any atom is -0.449 e. The molecule has 2 aromatic heterocycles.